The van der Waals surface area contributed by atoms with Crippen LogP contribution in [-0.2, 0) is 16.1 Å². The van der Waals surface area contributed by atoms with Crippen molar-refractivity contribution in [3.63, 3.8) is 0 Å². The third kappa shape index (κ3) is 5.41. The maximum atomic E-state index is 12.6. The molecule has 5 nitrogen and oxygen atoms in total. The van der Waals surface area contributed by atoms with Crippen LogP contribution >= 0.6 is 0 Å². The van der Waals surface area contributed by atoms with Gasteiger partial charge in [0.1, 0.15) is 6.04 Å². The lowest BCUT2D eigenvalue weighted by Gasteiger charge is -2.30. The molecule has 1 aliphatic rings. The first-order chi connectivity index (χ1) is 13.1. The fourth-order valence-electron chi connectivity index (χ4n) is 3.46. The molecule has 3 atom stereocenters. The van der Waals surface area contributed by atoms with E-state index in [0.717, 1.165) is 24.9 Å². The Morgan fingerprint density at radius 2 is 1.74 bits per heavy atom. The highest BCUT2D eigenvalue weighted by Crippen LogP contribution is 2.27. The van der Waals surface area contributed by atoms with Gasteiger partial charge in [0.15, 0.2) is 0 Å². The number of nitrogens with one attached hydrogen (secondary N) is 3. The van der Waals surface area contributed by atoms with Gasteiger partial charge in [0, 0.05) is 6.54 Å². The summed E-state index contributed by atoms with van der Waals surface area (Å²) < 4.78 is 0. The highest BCUT2D eigenvalue weighted by molar-refractivity contribution is 5.89. The number of piperidine rings is 1. The van der Waals surface area contributed by atoms with Crippen LogP contribution in [0, 0.1) is 0 Å². The van der Waals surface area contributed by atoms with E-state index in [-0.39, 0.29) is 17.9 Å². The second kappa shape index (κ2) is 9.33. The highest BCUT2D eigenvalue weighted by Gasteiger charge is 2.29. The Kier molecular flexibility index (Phi) is 6.60. The molecule has 2 amide bonds. The Balaban J connectivity index is 1.49. The maximum absolute atomic E-state index is 12.6. The molecule has 142 valence electrons. The summed E-state index contributed by atoms with van der Waals surface area (Å²) in [6, 6.07) is 19.2. The zero-order valence-corrected chi connectivity index (χ0v) is 15.7. The van der Waals surface area contributed by atoms with Gasteiger partial charge in [0.25, 0.3) is 0 Å². The van der Waals surface area contributed by atoms with E-state index in [4.69, 9.17) is 0 Å². The first kappa shape index (κ1) is 19.1. The lowest BCUT2D eigenvalue weighted by molar-refractivity contribution is -0.130. The minimum Gasteiger partial charge on any atom is -0.350 e. The average Bonchev–Trinajstić information content (AvgIpc) is 2.73. The first-order valence-corrected chi connectivity index (χ1v) is 9.54. The summed E-state index contributed by atoms with van der Waals surface area (Å²) in [5, 5.41) is 8.99. The minimum atomic E-state index is -0.569. The second-order valence-electron chi connectivity index (χ2n) is 7.07. The standard InChI is InChI=1S/C22H27N3O2/c1-16(21(26)24-15-17-8-4-2-5-9-17)25-22(27)20-14-19(12-13-23-20)18-10-6-3-7-11-18/h2-11,16,19-20,23H,12-15H2,1H3,(H,24,26)(H,25,27)/t16-,19-,20+/m0/s1. The Hall–Kier alpha value is -2.66. The SMILES string of the molecule is C[C@H](NC(=O)[C@H]1C[C@@H](c2ccccc2)CCN1)C(=O)NCc1ccccc1. The summed E-state index contributed by atoms with van der Waals surface area (Å²) in [6.07, 6.45) is 1.76. The molecule has 0 radical (unpaired) electrons. The van der Waals surface area contributed by atoms with Gasteiger partial charge >= 0.3 is 0 Å². The molecule has 0 bridgehead atoms. The molecule has 0 aromatic heterocycles. The number of amides is 2. The van der Waals surface area contributed by atoms with Crippen molar-refractivity contribution in [2.45, 2.75) is 44.3 Å². The Bertz CT molecular complexity index is 749. The Morgan fingerprint density at radius 1 is 1.07 bits per heavy atom. The van der Waals surface area contributed by atoms with Gasteiger partial charge in [-0.25, -0.2) is 0 Å². The summed E-state index contributed by atoms with van der Waals surface area (Å²) in [5.41, 5.74) is 2.30. The lowest BCUT2D eigenvalue weighted by Crippen LogP contribution is -2.53. The zero-order valence-electron chi connectivity index (χ0n) is 15.7. The smallest absolute Gasteiger partial charge is 0.242 e. The molecule has 3 N–H and O–H groups in total. The van der Waals surface area contributed by atoms with Crippen molar-refractivity contribution in [1.29, 1.82) is 0 Å². The average molecular weight is 365 g/mol. The fourth-order valence-corrected chi connectivity index (χ4v) is 3.46. The van der Waals surface area contributed by atoms with Crippen molar-refractivity contribution in [2.75, 3.05) is 6.54 Å². The van der Waals surface area contributed by atoms with E-state index in [1.165, 1.54) is 5.56 Å². The number of hydrogen-bond donors (Lipinski definition) is 3. The van der Waals surface area contributed by atoms with Crippen molar-refractivity contribution in [3.8, 4) is 0 Å². The molecule has 2 aromatic carbocycles. The predicted molar refractivity (Wildman–Crippen MR) is 106 cm³/mol. The van der Waals surface area contributed by atoms with E-state index < -0.39 is 6.04 Å². The van der Waals surface area contributed by atoms with Gasteiger partial charge in [0.2, 0.25) is 11.8 Å². The molecule has 1 heterocycles. The van der Waals surface area contributed by atoms with Gasteiger partial charge < -0.3 is 16.0 Å². The van der Waals surface area contributed by atoms with Crippen LogP contribution in [0.1, 0.15) is 36.8 Å². The molecule has 27 heavy (non-hydrogen) atoms. The third-order valence-corrected chi connectivity index (χ3v) is 5.05. The molecule has 3 rings (SSSR count). The molecule has 1 aliphatic heterocycles. The molecule has 0 aliphatic carbocycles. The molecule has 5 heteroatoms. The molecule has 0 saturated carbocycles. The van der Waals surface area contributed by atoms with E-state index in [0.29, 0.717) is 12.5 Å². The van der Waals surface area contributed by atoms with Crippen LogP contribution in [0.3, 0.4) is 0 Å². The second-order valence-corrected chi connectivity index (χ2v) is 7.07. The predicted octanol–water partition coefficient (Wildman–Crippen LogP) is 2.34. The van der Waals surface area contributed by atoms with E-state index in [9.17, 15) is 9.59 Å². The number of hydrogen-bond acceptors (Lipinski definition) is 3. The molecular weight excluding hydrogens is 338 g/mol. The maximum Gasteiger partial charge on any atom is 0.242 e. The Labute approximate surface area is 160 Å². The molecule has 0 spiro atoms. The first-order valence-electron chi connectivity index (χ1n) is 9.54. The Morgan fingerprint density at radius 3 is 2.44 bits per heavy atom. The van der Waals surface area contributed by atoms with Crippen molar-refractivity contribution in [2.24, 2.45) is 0 Å². The minimum absolute atomic E-state index is 0.113. The summed E-state index contributed by atoms with van der Waals surface area (Å²) in [5.74, 6) is 0.0750. The number of carbonyl (C=O) groups excluding carboxylic acids is 2. The number of carbonyl (C=O) groups is 2. The van der Waals surface area contributed by atoms with Crippen LogP contribution in [0.2, 0.25) is 0 Å². The van der Waals surface area contributed by atoms with Gasteiger partial charge in [-0.15, -0.1) is 0 Å². The van der Waals surface area contributed by atoms with Gasteiger partial charge in [-0.05, 0) is 43.4 Å². The largest absolute Gasteiger partial charge is 0.350 e. The van der Waals surface area contributed by atoms with Crippen LogP contribution in [-0.4, -0.2) is 30.4 Å². The highest BCUT2D eigenvalue weighted by atomic mass is 16.2. The van der Waals surface area contributed by atoms with E-state index in [2.05, 4.69) is 28.1 Å². The summed E-state index contributed by atoms with van der Waals surface area (Å²) in [4.78, 5) is 24.9. The van der Waals surface area contributed by atoms with Crippen LogP contribution in [0.25, 0.3) is 0 Å². The topological polar surface area (TPSA) is 70.2 Å². The van der Waals surface area contributed by atoms with Crippen LogP contribution in [0.4, 0.5) is 0 Å². The van der Waals surface area contributed by atoms with Gasteiger partial charge in [-0.3, -0.25) is 9.59 Å². The number of benzene rings is 2. The van der Waals surface area contributed by atoms with Crippen molar-refractivity contribution < 1.29 is 9.59 Å². The summed E-state index contributed by atoms with van der Waals surface area (Å²) >= 11 is 0. The van der Waals surface area contributed by atoms with Crippen molar-refractivity contribution >= 4 is 11.8 Å². The molecule has 0 unspecified atom stereocenters. The molecule has 1 fully saturated rings. The normalized spacial score (nSPS) is 20.5. The summed E-state index contributed by atoms with van der Waals surface area (Å²) in [7, 11) is 0. The molecule has 2 aromatic rings. The van der Waals surface area contributed by atoms with Gasteiger partial charge in [0.05, 0.1) is 6.04 Å². The third-order valence-electron chi connectivity index (χ3n) is 5.05. The van der Waals surface area contributed by atoms with Crippen LogP contribution in [0.5, 0.6) is 0 Å². The van der Waals surface area contributed by atoms with Gasteiger partial charge in [-0.1, -0.05) is 60.7 Å². The lowest BCUT2D eigenvalue weighted by atomic mass is 9.86. The number of rotatable bonds is 6. The van der Waals surface area contributed by atoms with E-state index >= 15 is 0 Å². The zero-order chi connectivity index (χ0) is 19.1. The van der Waals surface area contributed by atoms with Crippen molar-refractivity contribution in [3.05, 3.63) is 71.8 Å². The van der Waals surface area contributed by atoms with Crippen LogP contribution < -0.4 is 16.0 Å². The molecule has 1 saturated heterocycles. The van der Waals surface area contributed by atoms with Crippen LogP contribution in [0.15, 0.2) is 60.7 Å². The monoisotopic (exact) mass is 365 g/mol. The van der Waals surface area contributed by atoms with E-state index in [1.54, 1.807) is 6.92 Å². The molecular formula is C22H27N3O2. The quantitative estimate of drug-likeness (QED) is 0.736. The van der Waals surface area contributed by atoms with E-state index in [1.807, 2.05) is 48.5 Å². The van der Waals surface area contributed by atoms with Gasteiger partial charge in [-0.2, -0.15) is 0 Å². The fraction of sp³-hybridized carbons (Fsp3) is 0.364. The summed E-state index contributed by atoms with van der Waals surface area (Å²) in [6.45, 7) is 2.97. The van der Waals surface area contributed by atoms with Crippen molar-refractivity contribution in [1.82, 2.24) is 16.0 Å².